The highest BCUT2D eigenvalue weighted by Gasteiger charge is 2.38. The first-order valence-corrected chi connectivity index (χ1v) is 8.06. The van der Waals surface area contributed by atoms with Gasteiger partial charge >= 0.3 is 0 Å². The summed E-state index contributed by atoms with van der Waals surface area (Å²) in [5.74, 6) is 0.816. The van der Waals surface area contributed by atoms with Crippen molar-refractivity contribution < 1.29 is 0 Å². The summed E-state index contributed by atoms with van der Waals surface area (Å²) in [5, 5.41) is 3.79. The molecule has 2 heteroatoms. The van der Waals surface area contributed by atoms with Gasteiger partial charge in [0.05, 0.1) is 0 Å². The molecule has 2 nitrogen and oxygen atoms in total. The van der Waals surface area contributed by atoms with E-state index < -0.39 is 0 Å². The molecule has 0 radical (unpaired) electrons. The van der Waals surface area contributed by atoms with E-state index in [9.17, 15) is 0 Å². The molecule has 0 aromatic heterocycles. The number of piperazine rings is 1. The zero-order valence-corrected chi connectivity index (χ0v) is 13.3. The topological polar surface area (TPSA) is 15.3 Å². The molecule has 1 saturated heterocycles. The van der Waals surface area contributed by atoms with Gasteiger partial charge in [0.2, 0.25) is 0 Å². The summed E-state index contributed by atoms with van der Waals surface area (Å²) in [6.07, 6.45) is 6.49. The highest BCUT2D eigenvalue weighted by molar-refractivity contribution is 4.97. The maximum absolute atomic E-state index is 3.79. The summed E-state index contributed by atoms with van der Waals surface area (Å²) in [7, 11) is 0. The zero-order chi connectivity index (χ0) is 13.6. The van der Waals surface area contributed by atoms with E-state index in [4.69, 9.17) is 0 Å². The van der Waals surface area contributed by atoms with Crippen LogP contribution in [0, 0.1) is 5.92 Å². The van der Waals surface area contributed by atoms with Crippen LogP contribution in [0.5, 0.6) is 0 Å². The summed E-state index contributed by atoms with van der Waals surface area (Å²) in [4.78, 5) is 2.80. The highest BCUT2D eigenvalue weighted by atomic mass is 15.3. The molecule has 1 fully saturated rings. The molecular formula is C16H34N2. The van der Waals surface area contributed by atoms with Gasteiger partial charge in [-0.05, 0) is 38.1 Å². The molecule has 1 aliphatic rings. The first-order chi connectivity index (χ1) is 8.57. The molecule has 0 aromatic carbocycles. The lowest BCUT2D eigenvalue weighted by atomic mass is 9.86. The van der Waals surface area contributed by atoms with Crippen LogP contribution in [0.4, 0.5) is 0 Å². The molecule has 1 rings (SSSR count). The Bertz CT molecular complexity index is 221. The minimum atomic E-state index is 0.416. The van der Waals surface area contributed by atoms with Crippen LogP contribution in [0.15, 0.2) is 0 Å². The molecule has 0 aliphatic carbocycles. The van der Waals surface area contributed by atoms with Gasteiger partial charge in [-0.3, -0.25) is 4.90 Å². The van der Waals surface area contributed by atoms with E-state index >= 15 is 0 Å². The van der Waals surface area contributed by atoms with Crippen LogP contribution in [-0.2, 0) is 0 Å². The minimum Gasteiger partial charge on any atom is -0.311 e. The minimum absolute atomic E-state index is 0.416. The van der Waals surface area contributed by atoms with E-state index in [1.54, 1.807) is 0 Å². The molecule has 0 amide bonds. The van der Waals surface area contributed by atoms with Gasteiger partial charge in [0.1, 0.15) is 0 Å². The highest BCUT2D eigenvalue weighted by Crippen LogP contribution is 2.28. The van der Waals surface area contributed by atoms with Crippen molar-refractivity contribution in [3.05, 3.63) is 0 Å². The number of hydrogen-bond acceptors (Lipinski definition) is 2. The van der Waals surface area contributed by atoms with Crippen molar-refractivity contribution in [1.29, 1.82) is 0 Å². The van der Waals surface area contributed by atoms with Gasteiger partial charge in [0.25, 0.3) is 0 Å². The van der Waals surface area contributed by atoms with Gasteiger partial charge in [-0.2, -0.15) is 0 Å². The van der Waals surface area contributed by atoms with Crippen LogP contribution in [-0.4, -0.2) is 36.1 Å². The van der Waals surface area contributed by atoms with Crippen molar-refractivity contribution in [1.82, 2.24) is 10.2 Å². The monoisotopic (exact) mass is 254 g/mol. The molecule has 1 unspecified atom stereocenters. The average molecular weight is 254 g/mol. The summed E-state index contributed by atoms with van der Waals surface area (Å²) in [6, 6.07) is 0.716. The normalized spacial score (nSPS) is 24.7. The van der Waals surface area contributed by atoms with Crippen LogP contribution in [0.1, 0.15) is 66.7 Å². The predicted molar refractivity (Wildman–Crippen MR) is 81.0 cm³/mol. The second-order valence-electron chi connectivity index (χ2n) is 6.43. The second kappa shape index (κ2) is 7.49. The van der Waals surface area contributed by atoms with Gasteiger partial charge in [-0.15, -0.1) is 0 Å². The Hall–Kier alpha value is -0.0800. The van der Waals surface area contributed by atoms with Gasteiger partial charge in [-0.25, -0.2) is 0 Å². The lowest BCUT2D eigenvalue weighted by Crippen LogP contribution is -2.64. The number of nitrogens with one attached hydrogen (secondary N) is 1. The first-order valence-electron chi connectivity index (χ1n) is 8.06. The molecule has 1 atom stereocenters. The molecule has 108 valence electrons. The van der Waals surface area contributed by atoms with E-state index in [1.165, 1.54) is 51.7 Å². The number of nitrogens with zero attached hydrogens (tertiary/aromatic N) is 1. The fourth-order valence-corrected chi connectivity index (χ4v) is 3.20. The van der Waals surface area contributed by atoms with E-state index in [2.05, 4.69) is 44.8 Å². The number of rotatable bonds is 7. The fraction of sp³-hybridized carbons (Fsp3) is 1.00. The largest absolute Gasteiger partial charge is 0.311 e. The molecular weight excluding hydrogens is 220 g/mol. The predicted octanol–water partition coefficient (Wildman–Crippen LogP) is 3.67. The number of hydrogen-bond donors (Lipinski definition) is 1. The third-order valence-electron chi connectivity index (χ3n) is 4.76. The average Bonchev–Trinajstić information content (AvgIpc) is 2.37. The quantitative estimate of drug-likeness (QED) is 0.746. The lowest BCUT2D eigenvalue weighted by Gasteiger charge is -2.50. The van der Waals surface area contributed by atoms with Gasteiger partial charge in [0.15, 0.2) is 0 Å². The van der Waals surface area contributed by atoms with Crippen molar-refractivity contribution in [2.24, 2.45) is 5.92 Å². The van der Waals surface area contributed by atoms with Crippen LogP contribution >= 0.6 is 0 Å². The Morgan fingerprint density at radius 2 is 1.89 bits per heavy atom. The maximum atomic E-state index is 3.79. The van der Waals surface area contributed by atoms with Gasteiger partial charge in [0, 0.05) is 24.7 Å². The Kier molecular flexibility index (Phi) is 6.65. The van der Waals surface area contributed by atoms with Crippen LogP contribution in [0.25, 0.3) is 0 Å². The molecule has 18 heavy (non-hydrogen) atoms. The van der Waals surface area contributed by atoms with Crippen LogP contribution in [0.2, 0.25) is 0 Å². The summed E-state index contributed by atoms with van der Waals surface area (Å²) >= 11 is 0. The molecule has 0 spiro atoms. The van der Waals surface area contributed by atoms with Crippen molar-refractivity contribution in [3.63, 3.8) is 0 Å². The van der Waals surface area contributed by atoms with E-state index in [-0.39, 0.29) is 0 Å². The van der Waals surface area contributed by atoms with E-state index in [1.807, 2.05) is 0 Å². The summed E-state index contributed by atoms with van der Waals surface area (Å²) in [6.45, 7) is 15.4. The third-order valence-corrected chi connectivity index (χ3v) is 4.76. The Morgan fingerprint density at radius 1 is 1.22 bits per heavy atom. The maximum Gasteiger partial charge on any atom is 0.0329 e. The van der Waals surface area contributed by atoms with Crippen molar-refractivity contribution in [2.75, 3.05) is 19.6 Å². The molecule has 1 N–H and O–H groups in total. The SMILES string of the molecule is CCCC1CN(CCC(C)C)C(CC)(CC)CN1. The lowest BCUT2D eigenvalue weighted by molar-refractivity contribution is 0.0263. The van der Waals surface area contributed by atoms with Crippen molar-refractivity contribution >= 4 is 0 Å². The van der Waals surface area contributed by atoms with Crippen molar-refractivity contribution in [2.45, 2.75) is 78.3 Å². The Labute approximate surface area is 115 Å². The van der Waals surface area contributed by atoms with E-state index in [0.717, 1.165) is 5.92 Å². The zero-order valence-electron chi connectivity index (χ0n) is 13.3. The van der Waals surface area contributed by atoms with E-state index in [0.29, 0.717) is 11.6 Å². The van der Waals surface area contributed by atoms with Crippen molar-refractivity contribution in [3.8, 4) is 0 Å². The molecule has 1 aliphatic heterocycles. The Morgan fingerprint density at radius 3 is 2.39 bits per heavy atom. The summed E-state index contributed by atoms with van der Waals surface area (Å²) in [5.41, 5.74) is 0.416. The van der Waals surface area contributed by atoms with Gasteiger partial charge < -0.3 is 5.32 Å². The van der Waals surface area contributed by atoms with Crippen LogP contribution in [0.3, 0.4) is 0 Å². The molecule has 1 heterocycles. The Balaban J connectivity index is 2.66. The fourth-order valence-electron chi connectivity index (χ4n) is 3.20. The summed E-state index contributed by atoms with van der Waals surface area (Å²) < 4.78 is 0. The second-order valence-corrected chi connectivity index (χ2v) is 6.43. The van der Waals surface area contributed by atoms with Gasteiger partial charge in [-0.1, -0.05) is 41.0 Å². The molecule has 0 aromatic rings. The molecule has 0 saturated carbocycles. The molecule has 0 bridgehead atoms. The first kappa shape index (κ1) is 16.0. The van der Waals surface area contributed by atoms with Crippen LogP contribution < -0.4 is 5.32 Å². The standard InChI is InChI=1S/C16H34N2/c1-6-9-15-12-18(11-10-14(4)5)16(7-2,8-3)13-17-15/h14-15,17H,6-13H2,1-5H3. The smallest absolute Gasteiger partial charge is 0.0329 e. The third kappa shape index (κ3) is 3.96.